The zero-order valence-corrected chi connectivity index (χ0v) is 11.7. The molecule has 6 nitrogen and oxygen atoms in total. The fourth-order valence-electron chi connectivity index (χ4n) is 2.47. The molecule has 1 aliphatic rings. The molecule has 1 aromatic carbocycles. The zero-order chi connectivity index (χ0) is 14.8. The lowest BCUT2D eigenvalue weighted by Crippen LogP contribution is -2.40. The van der Waals surface area contributed by atoms with Gasteiger partial charge >= 0.3 is 5.69 Å². The molecule has 0 unspecified atom stereocenters. The molecule has 2 N–H and O–H groups in total. The van der Waals surface area contributed by atoms with E-state index in [2.05, 4.69) is 17.6 Å². The van der Waals surface area contributed by atoms with E-state index in [0.717, 1.165) is 12.8 Å². The van der Waals surface area contributed by atoms with Crippen LogP contribution in [-0.2, 0) is 0 Å². The first kappa shape index (κ1) is 14.3. The number of hydrogen-bond acceptors (Lipinski definition) is 4. The summed E-state index contributed by atoms with van der Waals surface area (Å²) in [5.74, 6) is -0.387. The fourth-order valence-corrected chi connectivity index (χ4v) is 2.47. The Morgan fingerprint density at radius 1 is 1.45 bits per heavy atom. The van der Waals surface area contributed by atoms with Crippen LogP contribution in [-0.4, -0.2) is 24.4 Å². The number of nitrogens with zero attached hydrogens (tertiary/aromatic N) is 1. The summed E-state index contributed by atoms with van der Waals surface area (Å²) in [6.07, 6.45) is 3.36. The van der Waals surface area contributed by atoms with E-state index in [1.165, 1.54) is 12.5 Å². The van der Waals surface area contributed by atoms with Crippen LogP contribution in [0.1, 0.15) is 36.5 Å². The Morgan fingerprint density at radius 2 is 2.15 bits per heavy atom. The van der Waals surface area contributed by atoms with E-state index >= 15 is 0 Å². The van der Waals surface area contributed by atoms with Gasteiger partial charge in [-0.05, 0) is 30.4 Å². The summed E-state index contributed by atoms with van der Waals surface area (Å²) in [6.45, 7) is 2.68. The molecule has 0 bridgehead atoms. The standard InChI is InChI=1S/C14H19N3O3/c1-14(7-4-8-14)9-16-13(18)10-5-3-6-11(15-2)12(10)17(19)20/h3,5-6,15H,4,7-9H2,1-2H3,(H,16,18). The number of anilines is 1. The van der Waals surface area contributed by atoms with Crippen molar-refractivity contribution in [3.63, 3.8) is 0 Å². The van der Waals surface area contributed by atoms with E-state index in [1.54, 1.807) is 19.2 Å². The molecule has 0 heterocycles. The smallest absolute Gasteiger partial charge is 0.305 e. The lowest BCUT2D eigenvalue weighted by Gasteiger charge is -2.38. The van der Waals surface area contributed by atoms with E-state index in [4.69, 9.17) is 0 Å². The van der Waals surface area contributed by atoms with Crippen LogP contribution in [0, 0.1) is 15.5 Å². The predicted octanol–water partition coefficient (Wildman–Crippen LogP) is 2.56. The Balaban J connectivity index is 2.18. The Bertz CT molecular complexity index is 538. The van der Waals surface area contributed by atoms with Crippen molar-refractivity contribution in [2.45, 2.75) is 26.2 Å². The third kappa shape index (κ3) is 2.74. The van der Waals surface area contributed by atoms with E-state index in [1.807, 2.05) is 0 Å². The van der Waals surface area contributed by atoms with Gasteiger partial charge in [-0.1, -0.05) is 19.4 Å². The van der Waals surface area contributed by atoms with Crippen molar-refractivity contribution in [1.82, 2.24) is 5.32 Å². The quantitative estimate of drug-likeness (QED) is 0.640. The SMILES string of the molecule is CNc1cccc(C(=O)NCC2(C)CCC2)c1[N+](=O)[O-]. The monoisotopic (exact) mass is 277 g/mol. The molecular formula is C14H19N3O3. The van der Waals surface area contributed by atoms with Crippen molar-refractivity contribution in [3.8, 4) is 0 Å². The van der Waals surface area contributed by atoms with Crippen LogP contribution in [0.25, 0.3) is 0 Å². The number of carbonyl (C=O) groups is 1. The highest BCUT2D eigenvalue weighted by atomic mass is 16.6. The van der Waals surface area contributed by atoms with Crippen LogP contribution >= 0.6 is 0 Å². The summed E-state index contributed by atoms with van der Waals surface area (Å²) in [5, 5.41) is 16.7. The normalized spacial score (nSPS) is 16.1. The maximum absolute atomic E-state index is 12.2. The maximum atomic E-state index is 12.2. The highest BCUT2D eigenvalue weighted by molar-refractivity contribution is 6.00. The summed E-state index contributed by atoms with van der Waals surface area (Å²) in [5.41, 5.74) is 0.416. The molecule has 0 saturated heterocycles. The van der Waals surface area contributed by atoms with E-state index in [-0.39, 0.29) is 22.6 Å². The van der Waals surface area contributed by atoms with Gasteiger partial charge in [-0.15, -0.1) is 0 Å². The average molecular weight is 277 g/mol. The van der Waals surface area contributed by atoms with E-state index in [9.17, 15) is 14.9 Å². The van der Waals surface area contributed by atoms with Crippen LogP contribution in [0.5, 0.6) is 0 Å². The van der Waals surface area contributed by atoms with Gasteiger partial charge in [0.05, 0.1) is 4.92 Å². The second kappa shape index (κ2) is 5.48. The second-order valence-corrected chi connectivity index (χ2v) is 5.56. The first-order valence-corrected chi connectivity index (χ1v) is 6.70. The zero-order valence-electron chi connectivity index (χ0n) is 11.7. The van der Waals surface area contributed by atoms with Gasteiger partial charge in [-0.25, -0.2) is 0 Å². The molecule has 0 spiro atoms. The third-order valence-electron chi connectivity index (χ3n) is 3.97. The van der Waals surface area contributed by atoms with Gasteiger partial charge < -0.3 is 10.6 Å². The number of nitro groups is 1. The summed E-state index contributed by atoms with van der Waals surface area (Å²) < 4.78 is 0. The molecule has 0 radical (unpaired) electrons. The predicted molar refractivity (Wildman–Crippen MR) is 76.9 cm³/mol. The molecule has 20 heavy (non-hydrogen) atoms. The lowest BCUT2D eigenvalue weighted by molar-refractivity contribution is -0.384. The summed E-state index contributed by atoms with van der Waals surface area (Å²) in [4.78, 5) is 22.8. The number of nitro benzene ring substituents is 1. The molecule has 108 valence electrons. The van der Waals surface area contributed by atoms with Crippen LogP contribution in [0.2, 0.25) is 0 Å². The molecule has 6 heteroatoms. The number of para-hydroxylation sites is 1. The number of amides is 1. The second-order valence-electron chi connectivity index (χ2n) is 5.56. The van der Waals surface area contributed by atoms with Crippen molar-refractivity contribution >= 4 is 17.3 Å². The highest BCUT2D eigenvalue weighted by Crippen LogP contribution is 2.39. The minimum atomic E-state index is -0.522. The molecule has 1 fully saturated rings. The summed E-state index contributed by atoms with van der Waals surface area (Å²) >= 11 is 0. The molecule has 1 amide bonds. The Hall–Kier alpha value is -2.11. The molecule has 2 rings (SSSR count). The van der Waals surface area contributed by atoms with Crippen LogP contribution in [0.4, 0.5) is 11.4 Å². The summed E-state index contributed by atoms with van der Waals surface area (Å²) in [7, 11) is 1.60. The van der Waals surface area contributed by atoms with Crippen LogP contribution in [0.3, 0.4) is 0 Å². The van der Waals surface area contributed by atoms with Crippen molar-refractivity contribution < 1.29 is 9.72 Å². The number of nitrogens with one attached hydrogen (secondary N) is 2. The Morgan fingerprint density at radius 3 is 2.65 bits per heavy atom. The van der Waals surface area contributed by atoms with E-state index in [0.29, 0.717) is 12.2 Å². The van der Waals surface area contributed by atoms with Gasteiger partial charge in [-0.3, -0.25) is 14.9 Å². The average Bonchev–Trinajstić information content (AvgIpc) is 2.41. The fraction of sp³-hybridized carbons (Fsp3) is 0.500. The molecule has 1 aromatic rings. The first-order valence-electron chi connectivity index (χ1n) is 6.70. The molecule has 0 aliphatic heterocycles. The summed E-state index contributed by atoms with van der Waals surface area (Å²) in [6, 6.07) is 4.71. The van der Waals surface area contributed by atoms with Crippen molar-refractivity contribution in [1.29, 1.82) is 0 Å². The van der Waals surface area contributed by atoms with Gasteiger partial charge in [0.15, 0.2) is 0 Å². The van der Waals surface area contributed by atoms with Crippen molar-refractivity contribution in [3.05, 3.63) is 33.9 Å². The minimum Gasteiger partial charge on any atom is -0.383 e. The third-order valence-corrected chi connectivity index (χ3v) is 3.97. The molecule has 0 aromatic heterocycles. The Labute approximate surface area is 117 Å². The van der Waals surface area contributed by atoms with Gasteiger partial charge in [0.1, 0.15) is 11.3 Å². The molecular weight excluding hydrogens is 258 g/mol. The number of carbonyl (C=O) groups excluding carboxylic acids is 1. The minimum absolute atomic E-state index is 0.102. The highest BCUT2D eigenvalue weighted by Gasteiger charge is 2.33. The van der Waals surface area contributed by atoms with Crippen molar-refractivity contribution in [2.24, 2.45) is 5.41 Å². The Kier molecular flexibility index (Phi) is 3.92. The van der Waals surface area contributed by atoms with Gasteiger partial charge in [0, 0.05) is 13.6 Å². The van der Waals surface area contributed by atoms with Crippen molar-refractivity contribution in [2.75, 3.05) is 18.9 Å². The largest absolute Gasteiger partial charge is 0.383 e. The first-order chi connectivity index (χ1) is 9.47. The lowest BCUT2D eigenvalue weighted by atomic mass is 9.70. The molecule has 0 atom stereocenters. The number of benzene rings is 1. The van der Waals surface area contributed by atoms with Crippen LogP contribution < -0.4 is 10.6 Å². The molecule has 1 saturated carbocycles. The molecule has 1 aliphatic carbocycles. The van der Waals surface area contributed by atoms with Gasteiger partial charge in [0.25, 0.3) is 5.91 Å². The maximum Gasteiger partial charge on any atom is 0.305 e. The number of rotatable bonds is 5. The van der Waals surface area contributed by atoms with E-state index < -0.39 is 4.92 Å². The number of hydrogen-bond donors (Lipinski definition) is 2. The topological polar surface area (TPSA) is 84.3 Å². The van der Waals surface area contributed by atoms with Crippen LogP contribution in [0.15, 0.2) is 18.2 Å². The van der Waals surface area contributed by atoms with Gasteiger partial charge in [0.2, 0.25) is 0 Å². The van der Waals surface area contributed by atoms with Gasteiger partial charge in [-0.2, -0.15) is 0 Å².